The number of hydrogen-bond acceptors (Lipinski definition) is 6. The van der Waals surface area contributed by atoms with E-state index in [9.17, 15) is 4.79 Å². The molecule has 0 saturated carbocycles. The van der Waals surface area contributed by atoms with Gasteiger partial charge in [-0.05, 0) is 39.2 Å². The van der Waals surface area contributed by atoms with E-state index < -0.39 is 0 Å². The fraction of sp³-hybridized carbons (Fsp3) is 0.800. The fourth-order valence-corrected chi connectivity index (χ4v) is 3.69. The Bertz CT molecular complexity index is 505. The van der Waals surface area contributed by atoms with Gasteiger partial charge in [0.05, 0.1) is 6.61 Å². The van der Waals surface area contributed by atoms with Crippen LogP contribution in [0.5, 0.6) is 0 Å². The number of rotatable bonds is 14. The summed E-state index contributed by atoms with van der Waals surface area (Å²) in [7, 11) is 0. The van der Waals surface area contributed by atoms with Gasteiger partial charge < -0.3 is 14.8 Å². The maximum absolute atomic E-state index is 11.9. The van der Waals surface area contributed by atoms with Gasteiger partial charge >= 0.3 is 5.97 Å². The Labute approximate surface area is 162 Å². The van der Waals surface area contributed by atoms with Gasteiger partial charge in [-0.2, -0.15) is 0 Å². The zero-order valence-corrected chi connectivity index (χ0v) is 17.9. The van der Waals surface area contributed by atoms with Gasteiger partial charge in [-0.1, -0.05) is 40.0 Å². The Hall–Kier alpha value is -0.980. The lowest BCUT2D eigenvalue weighted by Crippen LogP contribution is -2.36. The molecule has 5 nitrogen and oxygen atoms in total. The van der Waals surface area contributed by atoms with Crippen LogP contribution in [0, 0.1) is 5.92 Å². The molecule has 6 heteroatoms. The number of hydrogen-bond donors (Lipinski definition) is 1. The molecule has 0 fully saturated rings. The first-order chi connectivity index (χ1) is 12.5. The molecule has 26 heavy (non-hydrogen) atoms. The average molecular weight is 385 g/mol. The Morgan fingerprint density at radius 2 is 1.96 bits per heavy atom. The molecule has 0 saturated heterocycles. The summed E-state index contributed by atoms with van der Waals surface area (Å²) >= 11 is 1.48. The summed E-state index contributed by atoms with van der Waals surface area (Å²) in [6.45, 7) is 12.5. The maximum Gasteiger partial charge on any atom is 0.357 e. The van der Waals surface area contributed by atoms with Gasteiger partial charge in [-0.3, -0.25) is 0 Å². The first kappa shape index (κ1) is 23.1. The van der Waals surface area contributed by atoms with Crippen LogP contribution in [0.25, 0.3) is 0 Å². The summed E-state index contributed by atoms with van der Waals surface area (Å²) in [5.74, 6) is 0.147. The third-order valence-electron chi connectivity index (χ3n) is 4.36. The molecule has 0 bridgehead atoms. The molecule has 1 N–H and O–H groups in total. The third-order valence-corrected chi connectivity index (χ3v) is 5.30. The number of nitrogens with zero attached hydrogens (tertiary/aromatic N) is 1. The lowest BCUT2D eigenvalue weighted by molar-refractivity contribution is 0.0430. The van der Waals surface area contributed by atoms with Crippen LogP contribution in [-0.4, -0.2) is 36.8 Å². The van der Waals surface area contributed by atoms with Gasteiger partial charge in [0.2, 0.25) is 0 Å². The summed E-state index contributed by atoms with van der Waals surface area (Å²) in [6.07, 6.45) is 5.80. The van der Waals surface area contributed by atoms with E-state index in [0.29, 0.717) is 30.9 Å². The number of unbranched alkanes of at least 4 members (excludes halogenated alkanes) is 3. The predicted octanol–water partition coefficient (Wildman–Crippen LogP) is 4.98. The number of aromatic nitrogens is 1. The zero-order chi connectivity index (χ0) is 19.4. The number of esters is 1. The van der Waals surface area contributed by atoms with Gasteiger partial charge in [0, 0.05) is 18.0 Å². The molecule has 0 spiro atoms. The van der Waals surface area contributed by atoms with Crippen molar-refractivity contribution in [1.82, 2.24) is 10.3 Å². The standard InChI is InChI=1S/C20H36N2O3S/c1-6-9-10-11-12-21-16(15(4)5)13-18(24-7-2)19-22-17(14-26-19)20(23)25-8-3/h14-16,18,21H,6-13H2,1-5H3/t16-,18-/m1/s1. The first-order valence-electron chi connectivity index (χ1n) is 10.0. The number of nitrogens with one attached hydrogen (secondary N) is 1. The van der Waals surface area contributed by atoms with Crippen LogP contribution in [0.4, 0.5) is 0 Å². The summed E-state index contributed by atoms with van der Waals surface area (Å²) < 4.78 is 11.0. The maximum atomic E-state index is 11.9. The van der Waals surface area contributed by atoms with Crippen molar-refractivity contribution >= 4 is 17.3 Å². The Morgan fingerprint density at radius 1 is 1.19 bits per heavy atom. The summed E-state index contributed by atoms with van der Waals surface area (Å²) in [5.41, 5.74) is 0.380. The molecule has 0 amide bonds. The highest BCUT2D eigenvalue weighted by molar-refractivity contribution is 7.09. The van der Waals surface area contributed by atoms with E-state index in [2.05, 4.69) is 31.1 Å². The van der Waals surface area contributed by atoms with Crippen LogP contribution >= 0.6 is 11.3 Å². The van der Waals surface area contributed by atoms with Crippen LogP contribution in [0.3, 0.4) is 0 Å². The number of carbonyl (C=O) groups excluding carboxylic acids is 1. The van der Waals surface area contributed by atoms with Crippen molar-refractivity contribution in [2.75, 3.05) is 19.8 Å². The van der Waals surface area contributed by atoms with Crippen molar-refractivity contribution in [1.29, 1.82) is 0 Å². The second-order valence-corrected chi connectivity index (χ2v) is 7.73. The fourth-order valence-electron chi connectivity index (χ4n) is 2.84. The number of carbonyl (C=O) groups is 1. The van der Waals surface area contributed by atoms with E-state index in [1.807, 2.05) is 6.92 Å². The molecule has 1 aromatic rings. The molecule has 1 aromatic heterocycles. The number of thiazole rings is 1. The lowest BCUT2D eigenvalue weighted by Gasteiger charge is -2.26. The summed E-state index contributed by atoms with van der Waals surface area (Å²) in [5, 5.41) is 6.31. The molecule has 2 atom stereocenters. The largest absolute Gasteiger partial charge is 0.461 e. The van der Waals surface area contributed by atoms with E-state index in [-0.39, 0.29) is 12.1 Å². The van der Waals surface area contributed by atoms with Crippen LogP contribution < -0.4 is 5.32 Å². The smallest absolute Gasteiger partial charge is 0.357 e. The van der Waals surface area contributed by atoms with Crippen LogP contribution in [0.15, 0.2) is 5.38 Å². The molecule has 0 aliphatic carbocycles. The minimum atomic E-state index is -0.361. The van der Waals surface area contributed by atoms with Crippen molar-refractivity contribution in [3.63, 3.8) is 0 Å². The van der Waals surface area contributed by atoms with Crippen LogP contribution in [0.2, 0.25) is 0 Å². The molecule has 1 rings (SSSR count). The molecule has 1 heterocycles. The van der Waals surface area contributed by atoms with Crippen LogP contribution in [0.1, 0.15) is 88.3 Å². The lowest BCUT2D eigenvalue weighted by atomic mass is 9.97. The second kappa shape index (κ2) is 13.2. The monoisotopic (exact) mass is 384 g/mol. The average Bonchev–Trinajstić information content (AvgIpc) is 3.10. The van der Waals surface area contributed by atoms with E-state index >= 15 is 0 Å². The van der Waals surface area contributed by atoms with Crippen molar-refractivity contribution in [2.45, 2.75) is 78.9 Å². The molecular formula is C20H36N2O3S. The minimum Gasteiger partial charge on any atom is -0.461 e. The molecule has 0 aliphatic heterocycles. The van der Waals surface area contributed by atoms with Gasteiger partial charge in [-0.25, -0.2) is 9.78 Å². The minimum absolute atomic E-state index is 0.0938. The van der Waals surface area contributed by atoms with Gasteiger partial charge in [0.1, 0.15) is 11.1 Å². The van der Waals surface area contributed by atoms with Crippen molar-refractivity contribution in [3.05, 3.63) is 16.1 Å². The highest BCUT2D eigenvalue weighted by Gasteiger charge is 2.24. The topological polar surface area (TPSA) is 60.5 Å². The van der Waals surface area contributed by atoms with Gasteiger partial charge in [-0.15, -0.1) is 11.3 Å². The van der Waals surface area contributed by atoms with E-state index in [0.717, 1.165) is 18.0 Å². The second-order valence-electron chi connectivity index (χ2n) is 6.84. The molecule has 0 aliphatic rings. The Morgan fingerprint density at radius 3 is 2.58 bits per heavy atom. The molecule has 0 unspecified atom stereocenters. The number of ether oxygens (including phenoxy) is 2. The molecule has 0 aromatic carbocycles. The molecule has 150 valence electrons. The first-order valence-corrected chi connectivity index (χ1v) is 10.9. The van der Waals surface area contributed by atoms with E-state index in [4.69, 9.17) is 9.47 Å². The highest BCUT2D eigenvalue weighted by Crippen LogP contribution is 2.28. The van der Waals surface area contributed by atoms with E-state index in [1.165, 1.54) is 37.0 Å². The van der Waals surface area contributed by atoms with Gasteiger partial charge in [0.15, 0.2) is 5.69 Å². The summed E-state index contributed by atoms with van der Waals surface area (Å²) in [4.78, 5) is 16.3. The predicted molar refractivity (Wildman–Crippen MR) is 108 cm³/mol. The third kappa shape index (κ3) is 8.14. The quantitative estimate of drug-likeness (QED) is 0.362. The Balaban J connectivity index is 2.69. The Kier molecular flexibility index (Phi) is 11.7. The highest BCUT2D eigenvalue weighted by atomic mass is 32.1. The van der Waals surface area contributed by atoms with Gasteiger partial charge in [0.25, 0.3) is 0 Å². The molecule has 0 radical (unpaired) electrons. The zero-order valence-electron chi connectivity index (χ0n) is 17.0. The SMILES string of the molecule is CCCCCCN[C@H](C[C@@H](OCC)c1nc(C(=O)OCC)cs1)C(C)C. The van der Waals surface area contributed by atoms with Crippen molar-refractivity contribution < 1.29 is 14.3 Å². The molecular weight excluding hydrogens is 348 g/mol. The normalized spacial score (nSPS) is 13.8. The van der Waals surface area contributed by atoms with Crippen LogP contribution in [-0.2, 0) is 9.47 Å². The summed E-state index contributed by atoms with van der Waals surface area (Å²) in [6, 6.07) is 0.364. The van der Waals surface area contributed by atoms with Crippen molar-refractivity contribution in [3.8, 4) is 0 Å². The van der Waals surface area contributed by atoms with E-state index in [1.54, 1.807) is 12.3 Å². The van der Waals surface area contributed by atoms with Crippen molar-refractivity contribution in [2.24, 2.45) is 5.92 Å².